The van der Waals surface area contributed by atoms with Crippen LogP contribution in [-0.2, 0) is 6.42 Å². The molecule has 0 spiro atoms. The maximum Gasteiger partial charge on any atom is 0.218 e. The van der Waals surface area contributed by atoms with Gasteiger partial charge in [0.25, 0.3) is 0 Å². The van der Waals surface area contributed by atoms with Crippen LogP contribution in [0.2, 0.25) is 0 Å². The molecule has 0 aromatic carbocycles. The Balaban J connectivity index is 2.62. The van der Waals surface area contributed by atoms with Crippen molar-refractivity contribution in [3.63, 3.8) is 0 Å². The lowest BCUT2D eigenvalue weighted by Crippen LogP contribution is -2.06. The molecule has 0 atom stereocenters. The number of rotatable bonds is 3. The number of hydrogen-bond donors (Lipinski definition) is 1. The highest BCUT2D eigenvalue weighted by molar-refractivity contribution is 5.41. The molecule has 0 aliphatic heterocycles. The van der Waals surface area contributed by atoms with Gasteiger partial charge in [-0.25, -0.2) is 4.98 Å². The third kappa shape index (κ3) is 1.31. The van der Waals surface area contributed by atoms with Crippen molar-refractivity contribution in [1.82, 2.24) is 14.4 Å². The first-order valence-electron chi connectivity index (χ1n) is 4.41. The van der Waals surface area contributed by atoms with Crippen LogP contribution in [0.1, 0.15) is 5.69 Å². The molecule has 2 N–H and O–H groups in total. The number of ether oxygens (including phenoxy) is 1. The Labute approximate surface area is 81.5 Å². The fourth-order valence-corrected chi connectivity index (χ4v) is 1.44. The number of nitrogens with two attached hydrogens (primary N) is 1. The van der Waals surface area contributed by atoms with Crippen LogP contribution in [0.5, 0.6) is 5.88 Å². The molecular weight excluding hydrogens is 180 g/mol. The minimum absolute atomic E-state index is 0.596. The van der Waals surface area contributed by atoms with E-state index in [0.717, 1.165) is 17.8 Å². The van der Waals surface area contributed by atoms with Crippen molar-refractivity contribution >= 4 is 5.65 Å². The van der Waals surface area contributed by atoms with Crippen molar-refractivity contribution in [2.45, 2.75) is 6.42 Å². The summed E-state index contributed by atoms with van der Waals surface area (Å²) in [5.74, 6) is 0.684. The predicted molar refractivity (Wildman–Crippen MR) is 52.3 cm³/mol. The molecule has 0 saturated carbocycles. The number of imidazole rings is 1. The van der Waals surface area contributed by atoms with E-state index in [4.69, 9.17) is 10.5 Å². The molecule has 0 unspecified atom stereocenters. The van der Waals surface area contributed by atoms with Crippen molar-refractivity contribution in [3.8, 4) is 5.88 Å². The first-order chi connectivity index (χ1) is 6.86. The van der Waals surface area contributed by atoms with E-state index >= 15 is 0 Å². The van der Waals surface area contributed by atoms with Gasteiger partial charge in [-0.1, -0.05) is 0 Å². The van der Waals surface area contributed by atoms with Crippen molar-refractivity contribution in [2.24, 2.45) is 5.73 Å². The van der Waals surface area contributed by atoms with Crippen LogP contribution in [0.25, 0.3) is 5.65 Å². The van der Waals surface area contributed by atoms with Gasteiger partial charge < -0.3 is 10.5 Å². The fourth-order valence-electron chi connectivity index (χ4n) is 1.44. The van der Waals surface area contributed by atoms with Gasteiger partial charge in [-0.15, -0.1) is 0 Å². The third-order valence-electron chi connectivity index (χ3n) is 2.07. The summed E-state index contributed by atoms with van der Waals surface area (Å²) >= 11 is 0. The quantitative estimate of drug-likeness (QED) is 0.756. The first-order valence-corrected chi connectivity index (χ1v) is 4.41. The second kappa shape index (κ2) is 3.63. The molecule has 2 aromatic rings. The van der Waals surface area contributed by atoms with Gasteiger partial charge in [0, 0.05) is 18.3 Å². The minimum Gasteiger partial charge on any atom is -0.481 e. The minimum atomic E-state index is 0.596. The number of nitrogens with zero attached hydrogens (tertiary/aromatic N) is 3. The van der Waals surface area contributed by atoms with E-state index in [0.29, 0.717) is 12.4 Å². The second-order valence-electron chi connectivity index (χ2n) is 2.93. The van der Waals surface area contributed by atoms with Crippen LogP contribution in [0.4, 0.5) is 0 Å². The molecule has 2 aromatic heterocycles. The average molecular weight is 192 g/mol. The number of hydrogen-bond acceptors (Lipinski definition) is 4. The smallest absolute Gasteiger partial charge is 0.218 e. The van der Waals surface area contributed by atoms with E-state index < -0.39 is 0 Å². The van der Waals surface area contributed by atoms with Crippen LogP contribution in [0, 0.1) is 0 Å². The number of methoxy groups -OCH3 is 1. The van der Waals surface area contributed by atoms with Crippen LogP contribution in [0.15, 0.2) is 18.6 Å². The Morgan fingerprint density at radius 3 is 3.00 bits per heavy atom. The lowest BCUT2D eigenvalue weighted by atomic mass is 10.3. The zero-order valence-corrected chi connectivity index (χ0v) is 7.97. The van der Waals surface area contributed by atoms with Crippen molar-refractivity contribution in [1.29, 1.82) is 0 Å². The van der Waals surface area contributed by atoms with Crippen LogP contribution < -0.4 is 10.5 Å². The maximum absolute atomic E-state index is 5.50. The van der Waals surface area contributed by atoms with Crippen LogP contribution in [-0.4, -0.2) is 28.0 Å². The van der Waals surface area contributed by atoms with E-state index in [1.54, 1.807) is 25.7 Å². The van der Waals surface area contributed by atoms with Gasteiger partial charge in [0.2, 0.25) is 5.88 Å². The summed E-state index contributed by atoms with van der Waals surface area (Å²) in [6, 6.07) is 0. The summed E-state index contributed by atoms with van der Waals surface area (Å²) in [5, 5.41) is 0. The lowest BCUT2D eigenvalue weighted by molar-refractivity contribution is 0.388. The zero-order chi connectivity index (χ0) is 9.97. The van der Waals surface area contributed by atoms with Crippen molar-refractivity contribution in [2.75, 3.05) is 13.7 Å². The molecule has 0 bridgehead atoms. The maximum atomic E-state index is 5.50. The second-order valence-corrected chi connectivity index (χ2v) is 2.93. The van der Waals surface area contributed by atoms with Crippen molar-refractivity contribution < 1.29 is 4.74 Å². The summed E-state index contributed by atoms with van der Waals surface area (Å²) in [6.07, 6.45) is 5.94. The van der Waals surface area contributed by atoms with Gasteiger partial charge in [-0.3, -0.25) is 9.38 Å². The molecule has 0 saturated heterocycles. The van der Waals surface area contributed by atoms with Gasteiger partial charge >= 0.3 is 0 Å². The van der Waals surface area contributed by atoms with E-state index in [2.05, 4.69) is 9.97 Å². The van der Waals surface area contributed by atoms with Gasteiger partial charge in [0.15, 0.2) is 5.65 Å². The van der Waals surface area contributed by atoms with E-state index in [1.165, 1.54) is 0 Å². The normalized spacial score (nSPS) is 10.7. The Morgan fingerprint density at radius 1 is 1.43 bits per heavy atom. The van der Waals surface area contributed by atoms with E-state index in [1.807, 2.05) is 4.40 Å². The van der Waals surface area contributed by atoms with Crippen LogP contribution >= 0.6 is 0 Å². The average Bonchev–Trinajstić information content (AvgIpc) is 2.62. The molecule has 0 amide bonds. The number of aromatic nitrogens is 3. The highest BCUT2D eigenvalue weighted by Gasteiger charge is 2.06. The topological polar surface area (TPSA) is 65.4 Å². The first kappa shape index (κ1) is 8.96. The van der Waals surface area contributed by atoms with E-state index in [9.17, 15) is 0 Å². The molecular formula is C9H12N4O. The lowest BCUT2D eigenvalue weighted by Gasteiger charge is -2.05. The highest BCUT2D eigenvalue weighted by Crippen LogP contribution is 2.15. The predicted octanol–water partition coefficient (Wildman–Crippen LogP) is 0.239. The Hall–Kier alpha value is -1.62. The molecule has 0 aliphatic rings. The zero-order valence-electron chi connectivity index (χ0n) is 7.97. The van der Waals surface area contributed by atoms with Gasteiger partial charge in [0.05, 0.1) is 19.5 Å². The number of fused-ring (bicyclic) bond motifs is 1. The fraction of sp³-hybridized carbons (Fsp3) is 0.333. The monoisotopic (exact) mass is 192 g/mol. The molecule has 5 nitrogen and oxygen atoms in total. The van der Waals surface area contributed by atoms with Crippen molar-refractivity contribution in [3.05, 3.63) is 24.3 Å². The molecule has 2 heterocycles. The molecule has 0 aliphatic carbocycles. The Bertz CT molecular complexity index is 437. The summed E-state index contributed by atoms with van der Waals surface area (Å²) in [6.45, 7) is 0.596. The van der Waals surface area contributed by atoms with Crippen LogP contribution in [0.3, 0.4) is 0 Å². The summed E-state index contributed by atoms with van der Waals surface area (Å²) < 4.78 is 7.11. The molecule has 2 rings (SSSR count). The molecule has 0 fully saturated rings. The summed E-state index contributed by atoms with van der Waals surface area (Å²) in [5.41, 5.74) is 7.33. The molecule has 14 heavy (non-hydrogen) atoms. The third-order valence-corrected chi connectivity index (χ3v) is 2.07. The Kier molecular flexibility index (Phi) is 2.32. The largest absolute Gasteiger partial charge is 0.481 e. The Morgan fingerprint density at radius 2 is 2.29 bits per heavy atom. The highest BCUT2D eigenvalue weighted by atomic mass is 16.5. The SMILES string of the molecule is COc1cncc2ncc(CCN)n12. The van der Waals surface area contributed by atoms with E-state index in [-0.39, 0.29) is 0 Å². The molecule has 74 valence electrons. The van der Waals surface area contributed by atoms with Gasteiger partial charge in [-0.05, 0) is 6.54 Å². The summed E-state index contributed by atoms with van der Waals surface area (Å²) in [4.78, 5) is 8.23. The summed E-state index contributed by atoms with van der Waals surface area (Å²) in [7, 11) is 1.61. The molecule has 0 radical (unpaired) electrons. The van der Waals surface area contributed by atoms with Gasteiger partial charge in [0.1, 0.15) is 0 Å². The molecule has 5 heteroatoms. The standard InChI is InChI=1S/C9H12N4O/c1-14-9-6-11-5-8-12-4-7(2-3-10)13(8)9/h4-6H,2-3,10H2,1H3. The van der Waals surface area contributed by atoms with Gasteiger partial charge in [-0.2, -0.15) is 0 Å².